The first-order valence-corrected chi connectivity index (χ1v) is 8.65. The zero-order chi connectivity index (χ0) is 16.7. The zero-order valence-electron chi connectivity index (χ0n) is 14.2. The molecule has 0 fully saturated rings. The summed E-state index contributed by atoms with van der Waals surface area (Å²) in [6.45, 7) is 8.10. The normalized spacial score (nSPS) is 10.4. The van der Waals surface area contributed by atoms with Gasteiger partial charge in [-0.15, -0.1) is 0 Å². The highest BCUT2D eigenvalue weighted by Crippen LogP contribution is 2.23. The Labute approximate surface area is 144 Å². The van der Waals surface area contributed by atoms with E-state index in [0.29, 0.717) is 0 Å². The van der Waals surface area contributed by atoms with Crippen molar-refractivity contribution < 1.29 is 0 Å². The van der Waals surface area contributed by atoms with Crippen molar-refractivity contribution in [2.75, 3.05) is 11.9 Å². The second-order valence-electron chi connectivity index (χ2n) is 5.46. The quantitative estimate of drug-likeness (QED) is 0.795. The number of benzene rings is 1. The third kappa shape index (κ3) is 4.52. The third-order valence-electron chi connectivity index (χ3n) is 4.00. The first-order chi connectivity index (χ1) is 11.2. The van der Waals surface area contributed by atoms with Crippen molar-refractivity contribution in [2.45, 2.75) is 40.2 Å². The number of hydrogen-bond acceptors (Lipinski definition) is 2. The third-order valence-corrected chi connectivity index (χ3v) is 4.36. The first kappa shape index (κ1) is 17.4. The van der Waals surface area contributed by atoms with E-state index in [0.717, 1.165) is 36.6 Å². The fraction of sp³-hybridized carbons (Fsp3) is 0.368. The molecular weight excluding hydrogens is 302 g/mol. The Balaban J connectivity index is 2.17. The molecular formula is C19H25N3S. The second-order valence-corrected chi connectivity index (χ2v) is 5.85. The van der Waals surface area contributed by atoms with Crippen LogP contribution in [0.3, 0.4) is 0 Å². The smallest absolute Gasteiger partial charge is 0.173 e. The Hall–Kier alpha value is -1.94. The van der Waals surface area contributed by atoms with E-state index in [1.807, 2.05) is 12.3 Å². The van der Waals surface area contributed by atoms with Crippen LogP contribution in [-0.2, 0) is 19.4 Å². The van der Waals surface area contributed by atoms with E-state index in [9.17, 15) is 0 Å². The van der Waals surface area contributed by atoms with Crippen LogP contribution < -0.4 is 5.32 Å². The molecule has 23 heavy (non-hydrogen) atoms. The molecule has 0 amide bonds. The van der Waals surface area contributed by atoms with Gasteiger partial charge in [-0.25, -0.2) is 0 Å². The van der Waals surface area contributed by atoms with Gasteiger partial charge < -0.3 is 10.2 Å². The van der Waals surface area contributed by atoms with Crippen molar-refractivity contribution in [1.82, 2.24) is 9.88 Å². The molecule has 0 unspecified atom stereocenters. The summed E-state index contributed by atoms with van der Waals surface area (Å²) in [6, 6.07) is 10.5. The number of pyridine rings is 1. The fourth-order valence-corrected chi connectivity index (χ4v) is 2.92. The maximum absolute atomic E-state index is 5.67. The number of anilines is 1. The molecule has 0 aliphatic carbocycles. The van der Waals surface area contributed by atoms with Crippen LogP contribution in [0.1, 0.15) is 37.5 Å². The van der Waals surface area contributed by atoms with Crippen molar-refractivity contribution in [3.8, 4) is 0 Å². The average Bonchev–Trinajstić information content (AvgIpc) is 2.60. The molecule has 1 N–H and O–H groups in total. The summed E-state index contributed by atoms with van der Waals surface area (Å²) in [4.78, 5) is 6.34. The number of aryl methyl sites for hydroxylation is 2. The molecule has 1 aromatic carbocycles. The van der Waals surface area contributed by atoms with Crippen molar-refractivity contribution >= 4 is 23.0 Å². The second kappa shape index (κ2) is 8.63. The molecule has 0 saturated carbocycles. The number of nitrogens with one attached hydrogen (secondary N) is 1. The maximum Gasteiger partial charge on any atom is 0.173 e. The predicted molar refractivity (Wildman–Crippen MR) is 102 cm³/mol. The van der Waals surface area contributed by atoms with Gasteiger partial charge in [0.15, 0.2) is 5.11 Å². The van der Waals surface area contributed by atoms with Gasteiger partial charge >= 0.3 is 0 Å². The minimum Gasteiger partial charge on any atom is -0.345 e. The van der Waals surface area contributed by atoms with Crippen molar-refractivity contribution in [3.05, 3.63) is 59.4 Å². The number of hydrogen-bond donors (Lipinski definition) is 1. The Morgan fingerprint density at radius 1 is 1.09 bits per heavy atom. The summed E-state index contributed by atoms with van der Waals surface area (Å²) < 4.78 is 0. The lowest BCUT2D eigenvalue weighted by molar-refractivity contribution is 0.441. The van der Waals surface area contributed by atoms with Gasteiger partial charge in [-0.1, -0.05) is 38.1 Å². The monoisotopic (exact) mass is 327 g/mol. The minimum absolute atomic E-state index is 0.770. The molecule has 0 aliphatic rings. The number of rotatable bonds is 6. The molecule has 2 rings (SSSR count). The summed E-state index contributed by atoms with van der Waals surface area (Å²) >= 11 is 5.67. The van der Waals surface area contributed by atoms with E-state index >= 15 is 0 Å². The highest BCUT2D eigenvalue weighted by atomic mass is 32.1. The summed E-state index contributed by atoms with van der Waals surface area (Å²) in [6.07, 6.45) is 5.67. The minimum atomic E-state index is 0.770. The topological polar surface area (TPSA) is 28.2 Å². The van der Waals surface area contributed by atoms with Gasteiger partial charge in [-0.2, -0.15) is 0 Å². The summed E-state index contributed by atoms with van der Waals surface area (Å²) in [5, 5.41) is 4.26. The first-order valence-electron chi connectivity index (χ1n) is 8.25. The van der Waals surface area contributed by atoms with Crippen LogP contribution in [-0.4, -0.2) is 21.5 Å². The molecule has 3 nitrogen and oxygen atoms in total. The van der Waals surface area contributed by atoms with Crippen LogP contribution in [0.2, 0.25) is 0 Å². The SMILES string of the molecule is CCc1cccc(CC)c1NC(=S)N(CC)Cc1cccnc1. The largest absolute Gasteiger partial charge is 0.345 e. The number of thiocarbonyl (C=S) groups is 1. The van der Waals surface area contributed by atoms with Crippen molar-refractivity contribution in [2.24, 2.45) is 0 Å². The number of aromatic nitrogens is 1. The van der Waals surface area contributed by atoms with E-state index in [-0.39, 0.29) is 0 Å². The molecule has 0 radical (unpaired) electrons. The Morgan fingerprint density at radius 2 is 1.78 bits per heavy atom. The lowest BCUT2D eigenvalue weighted by Gasteiger charge is -2.26. The van der Waals surface area contributed by atoms with E-state index in [1.165, 1.54) is 16.8 Å². The highest BCUT2D eigenvalue weighted by molar-refractivity contribution is 7.80. The molecule has 1 aromatic heterocycles. The molecule has 4 heteroatoms. The fourth-order valence-electron chi connectivity index (χ4n) is 2.63. The van der Waals surface area contributed by atoms with E-state index in [4.69, 9.17) is 12.2 Å². The van der Waals surface area contributed by atoms with Crippen LogP contribution in [0, 0.1) is 0 Å². The number of nitrogens with zero attached hydrogens (tertiary/aromatic N) is 2. The van der Waals surface area contributed by atoms with Crippen molar-refractivity contribution in [3.63, 3.8) is 0 Å². The summed E-state index contributed by atoms with van der Waals surface area (Å²) in [7, 11) is 0. The molecule has 0 bridgehead atoms. The summed E-state index contributed by atoms with van der Waals surface area (Å²) in [5.74, 6) is 0. The number of para-hydroxylation sites is 1. The van der Waals surface area contributed by atoms with Gasteiger partial charge in [0, 0.05) is 31.2 Å². The van der Waals surface area contributed by atoms with Crippen LogP contribution in [0.5, 0.6) is 0 Å². The van der Waals surface area contributed by atoms with Crippen molar-refractivity contribution in [1.29, 1.82) is 0 Å². The molecule has 2 aromatic rings. The van der Waals surface area contributed by atoms with Gasteiger partial charge in [0.2, 0.25) is 0 Å². The van der Waals surface area contributed by atoms with Crippen LogP contribution in [0.15, 0.2) is 42.7 Å². The molecule has 122 valence electrons. The lowest BCUT2D eigenvalue weighted by Crippen LogP contribution is -2.34. The standard InChI is InChI=1S/C19H25N3S/c1-4-16-10-7-11-17(5-2)18(16)21-19(23)22(6-3)14-15-9-8-12-20-13-15/h7-13H,4-6,14H2,1-3H3,(H,21,23). The molecule has 0 spiro atoms. The van der Waals surface area contributed by atoms with Crippen LogP contribution in [0.25, 0.3) is 0 Å². The highest BCUT2D eigenvalue weighted by Gasteiger charge is 2.12. The summed E-state index contributed by atoms with van der Waals surface area (Å²) in [5.41, 5.74) is 4.96. The van der Waals surface area contributed by atoms with Gasteiger partial charge in [0.25, 0.3) is 0 Å². The Bertz CT molecular complexity index is 618. The molecule has 0 aliphatic heterocycles. The van der Waals surface area contributed by atoms with Gasteiger partial charge in [0.1, 0.15) is 0 Å². The lowest BCUT2D eigenvalue weighted by atomic mass is 10.0. The Kier molecular flexibility index (Phi) is 6.53. The molecule has 0 saturated heterocycles. The predicted octanol–water partition coefficient (Wildman–Crippen LogP) is 4.43. The van der Waals surface area contributed by atoms with Crippen LogP contribution >= 0.6 is 12.2 Å². The van der Waals surface area contributed by atoms with Gasteiger partial charge in [-0.3, -0.25) is 4.98 Å². The molecule has 0 atom stereocenters. The average molecular weight is 327 g/mol. The molecule has 1 heterocycles. The Morgan fingerprint density at radius 3 is 2.30 bits per heavy atom. The zero-order valence-corrected chi connectivity index (χ0v) is 15.0. The maximum atomic E-state index is 5.67. The van der Waals surface area contributed by atoms with Crippen LogP contribution in [0.4, 0.5) is 5.69 Å². The van der Waals surface area contributed by atoms with E-state index < -0.39 is 0 Å². The van der Waals surface area contributed by atoms with Gasteiger partial charge in [-0.05, 0) is 54.7 Å². The van der Waals surface area contributed by atoms with E-state index in [1.54, 1.807) is 6.20 Å². The van der Waals surface area contributed by atoms with Gasteiger partial charge in [0.05, 0.1) is 0 Å². The van der Waals surface area contributed by atoms with E-state index in [2.05, 4.69) is 60.2 Å².